The van der Waals surface area contributed by atoms with E-state index in [0.29, 0.717) is 5.82 Å². The first-order chi connectivity index (χ1) is 7.41. The highest BCUT2D eigenvalue weighted by molar-refractivity contribution is 5.93. The molecule has 1 aromatic heterocycles. The number of nitrogens with one attached hydrogen (secondary N) is 1. The molecule has 0 aliphatic carbocycles. The molecule has 7 heteroatoms. The Kier molecular flexibility index (Phi) is 3.60. The summed E-state index contributed by atoms with van der Waals surface area (Å²) in [5.74, 6) is 0.116. The summed E-state index contributed by atoms with van der Waals surface area (Å²) < 4.78 is 0. The number of likely N-dealkylation sites (N-methyl/N-ethyl adjacent to an activating group) is 2. The van der Waals surface area contributed by atoms with Gasteiger partial charge in [-0.2, -0.15) is 0 Å². The fourth-order valence-corrected chi connectivity index (χ4v) is 1.03. The standard InChI is InChI=1S/C9H15N5O2/c1-6-10-8(12-11-6)9(16)14(4)5-7(15)13(2)3/h5H2,1-4H3,(H,10,11,12). The van der Waals surface area contributed by atoms with Crippen molar-refractivity contribution in [2.24, 2.45) is 0 Å². The molecule has 1 aromatic rings. The smallest absolute Gasteiger partial charge is 0.293 e. The lowest BCUT2D eigenvalue weighted by Crippen LogP contribution is -2.38. The molecule has 0 saturated carbocycles. The summed E-state index contributed by atoms with van der Waals surface area (Å²) in [5.41, 5.74) is 0. The van der Waals surface area contributed by atoms with Crippen LogP contribution in [0.5, 0.6) is 0 Å². The second-order valence-electron chi connectivity index (χ2n) is 3.69. The Bertz CT molecular complexity index is 398. The molecule has 1 heterocycles. The van der Waals surface area contributed by atoms with Crippen LogP contribution in [-0.4, -0.2) is 64.5 Å². The quantitative estimate of drug-likeness (QED) is 0.735. The second kappa shape index (κ2) is 4.73. The van der Waals surface area contributed by atoms with Crippen molar-refractivity contribution in [1.82, 2.24) is 25.0 Å². The van der Waals surface area contributed by atoms with Gasteiger partial charge in [0.2, 0.25) is 11.7 Å². The first kappa shape index (κ1) is 12.2. The predicted octanol–water partition coefficient (Wildman–Crippen LogP) is -0.727. The average molecular weight is 225 g/mol. The monoisotopic (exact) mass is 225 g/mol. The van der Waals surface area contributed by atoms with Crippen LogP contribution in [0.1, 0.15) is 16.4 Å². The molecule has 0 aliphatic heterocycles. The maximum Gasteiger partial charge on any atom is 0.293 e. The highest BCUT2D eigenvalue weighted by Crippen LogP contribution is 1.97. The Labute approximate surface area is 93.4 Å². The third-order valence-corrected chi connectivity index (χ3v) is 2.01. The van der Waals surface area contributed by atoms with Crippen molar-refractivity contribution in [1.29, 1.82) is 0 Å². The van der Waals surface area contributed by atoms with Crippen molar-refractivity contribution in [3.05, 3.63) is 11.6 Å². The van der Waals surface area contributed by atoms with Crippen LogP contribution < -0.4 is 0 Å². The SMILES string of the molecule is Cc1nc(C(=O)N(C)CC(=O)N(C)C)n[nH]1. The summed E-state index contributed by atoms with van der Waals surface area (Å²) in [6, 6.07) is 0. The van der Waals surface area contributed by atoms with E-state index >= 15 is 0 Å². The van der Waals surface area contributed by atoms with Crippen LogP contribution in [0.15, 0.2) is 0 Å². The molecule has 0 atom stereocenters. The number of hydrogen-bond donors (Lipinski definition) is 1. The summed E-state index contributed by atoms with van der Waals surface area (Å²) in [4.78, 5) is 29.7. The van der Waals surface area contributed by atoms with Crippen LogP contribution in [0.3, 0.4) is 0 Å². The topological polar surface area (TPSA) is 82.2 Å². The van der Waals surface area contributed by atoms with Gasteiger partial charge in [-0.3, -0.25) is 14.7 Å². The number of carbonyl (C=O) groups excluding carboxylic acids is 2. The van der Waals surface area contributed by atoms with Gasteiger partial charge in [0.05, 0.1) is 6.54 Å². The number of nitrogens with zero attached hydrogens (tertiary/aromatic N) is 4. The lowest BCUT2D eigenvalue weighted by molar-refractivity contribution is -0.129. The first-order valence-corrected chi connectivity index (χ1v) is 4.76. The molecule has 16 heavy (non-hydrogen) atoms. The minimum absolute atomic E-state index is 0.0133. The van der Waals surface area contributed by atoms with Crippen LogP contribution in [-0.2, 0) is 4.79 Å². The fraction of sp³-hybridized carbons (Fsp3) is 0.556. The molecule has 0 aliphatic rings. The van der Waals surface area contributed by atoms with E-state index in [1.807, 2.05) is 0 Å². The van der Waals surface area contributed by atoms with Gasteiger partial charge >= 0.3 is 0 Å². The van der Waals surface area contributed by atoms with E-state index in [-0.39, 0.29) is 24.2 Å². The van der Waals surface area contributed by atoms with E-state index in [1.165, 1.54) is 16.8 Å². The van der Waals surface area contributed by atoms with Gasteiger partial charge < -0.3 is 9.80 Å². The van der Waals surface area contributed by atoms with Gasteiger partial charge in [0.25, 0.3) is 5.91 Å². The van der Waals surface area contributed by atoms with E-state index in [9.17, 15) is 9.59 Å². The molecule has 1 N–H and O–H groups in total. The summed E-state index contributed by atoms with van der Waals surface area (Å²) in [5, 5.41) is 6.31. The van der Waals surface area contributed by atoms with Crippen molar-refractivity contribution in [2.45, 2.75) is 6.92 Å². The Morgan fingerprint density at radius 1 is 1.31 bits per heavy atom. The van der Waals surface area contributed by atoms with Gasteiger partial charge in [-0.1, -0.05) is 0 Å². The highest BCUT2D eigenvalue weighted by atomic mass is 16.2. The largest absolute Gasteiger partial charge is 0.347 e. The van der Waals surface area contributed by atoms with E-state index < -0.39 is 0 Å². The molecule has 0 bridgehead atoms. The number of rotatable bonds is 3. The van der Waals surface area contributed by atoms with E-state index in [1.54, 1.807) is 21.0 Å². The number of aromatic nitrogens is 3. The molecule has 0 fully saturated rings. The summed E-state index contributed by atoms with van der Waals surface area (Å²) >= 11 is 0. The van der Waals surface area contributed by atoms with Crippen LogP contribution in [0.2, 0.25) is 0 Å². The number of aryl methyl sites for hydroxylation is 1. The lowest BCUT2D eigenvalue weighted by atomic mass is 10.4. The molecule has 7 nitrogen and oxygen atoms in total. The van der Waals surface area contributed by atoms with Crippen molar-refractivity contribution in [3.8, 4) is 0 Å². The van der Waals surface area contributed by atoms with Gasteiger partial charge in [0.15, 0.2) is 0 Å². The van der Waals surface area contributed by atoms with Crippen molar-refractivity contribution >= 4 is 11.8 Å². The van der Waals surface area contributed by atoms with E-state index in [0.717, 1.165) is 0 Å². The zero-order valence-electron chi connectivity index (χ0n) is 9.81. The molecule has 0 saturated heterocycles. The fourth-order valence-electron chi connectivity index (χ4n) is 1.03. The predicted molar refractivity (Wildman–Crippen MR) is 56.8 cm³/mol. The minimum atomic E-state index is -0.375. The number of hydrogen-bond acceptors (Lipinski definition) is 4. The maximum atomic E-state index is 11.7. The van der Waals surface area contributed by atoms with Gasteiger partial charge in [-0.15, -0.1) is 5.10 Å². The first-order valence-electron chi connectivity index (χ1n) is 4.76. The van der Waals surface area contributed by atoms with Crippen LogP contribution in [0, 0.1) is 6.92 Å². The third kappa shape index (κ3) is 2.78. The molecular formula is C9H15N5O2. The number of H-pyrrole nitrogens is 1. The van der Waals surface area contributed by atoms with Crippen LogP contribution in [0.4, 0.5) is 0 Å². The van der Waals surface area contributed by atoms with Gasteiger partial charge in [-0.05, 0) is 6.92 Å². The molecule has 1 rings (SSSR count). The van der Waals surface area contributed by atoms with Crippen molar-refractivity contribution in [3.63, 3.8) is 0 Å². The van der Waals surface area contributed by atoms with E-state index in [4.69, 9.17) is 0 Å². The summed E-state index contributed by atoms with van der Waals surface area (Å²) in [7, 11) is 4.81. The molecule has 0 unspecified atom stereocenters. The maximum absolute atomic E-state index is 11.7. The Hall–Kier alpha value is -1.92. The Morgan fingerprint density at radius 2 is 1.94 bits per heavy atom. The zero-order chi connectivity index (χ0) is 12.3. The average Bonchev–Trinajstić information content (AvgIpc) is 2.63. The molecular weight excluding hydrogens is 210 g/mol. The van der Waals surface area contributed by atoms with Gasteiger partial charge in [-0.25, -0.2) is 4.98 Å². The molecule has 0 spiro atoms. The Morgan fingerprint density at radius 3 is 2.38 bits per heavy atom. The molecule has 2 amide bonds. The normalized spacial score (nSPS) is 10.0. The number of amides is 2. The molecule has 0 radical (unpaired) electrons. The van der Waals surface area contributed by atoms with Gasteiger partial charge in [0.1, 0.15) is 5.82 Å². The number of carbonyl (C=O) groups is 2. The van der Waals surface area contributed by atoms with E-state index in [2.05, 4.69) is 15.2 Å². The minimum Gasteiger partial charge on any atom is -0.347 e. The Balaban J connectivity index is 2.65. The van der Waals surface area contributed by atoms with Crippen LogP contribution in [0.25, 0.3) is 0 Å². The lowest BCUT2D eigenvalue weighted by Gasteiger charge is -2.17. The summed E-state index contributed by atoms with van der Waals surface area (Å²) in [6.45, 7) is 1.72. The number of aromatic amines is 1. The van der Waals surface area contributed by atoms with Crippen LogP contribution >= 0.6 is 0 Å². The van der Waals surface area contributed by atoms with Crippen molar-refractivity contribution < 1.29 is 9.59 Å². The van der Waals surface area contributed by atoms with Crippen molar-refractivity contribution in [2.75, 3.05) is 27.7 Å². The summed E-state index contributed by atoms with van der Waals surface area (Å²) in [6.07, 6.45) is 0. The second-order valence-corrected chi connectivity index (χ2v) is 3.69. The zero-order valence-corrected chi connectivity index (χ0v) is 9.81. The molecule has 0 aromatic carbocycles. The molecule has 88 valence electrons. The van der Waals surface area contributed by atoms with Gasteiger partial charge in [0, 0.05) is 21.1 Å². The highest BCUT2D eigenvalue weighted by Gasteiger charge is 2.19. The third-order valence-electron chi connectivity index (χ3n) is 2.01.